The molecule has 0 radical (unpaired) electrons. The van der Waals surface area contributed by atoms with E-state index in [1.807, 2.05) is 19.1 Å². The Hall–Kier alpha value is -2.34. The van der Waals surface area contributed by atoms with Crippen LogP contribution in [0.25, 0.3) is 11.0 Å². The van der Waals surface area contributed by atoms with Crippen molar-refractivity contribution >= 4 is 45.8 Å². The second kappa shape index (κ2) is 8.57. The van der Waals surface area contributed by atoms with Gasteiger partial charge in [-0.3, -0.25) is 4.79 Å². The molecule has 1 atom stereocenters. The van der Waals surface area contributed by atoms with Crippen molar-refractivity contribution in [3.05, 3.63) is 69.2 Å². The number of amides is 1. The van der Waals surface area contributed by atoms with E-state index >= 15 is 0 Å². The number of nitrogens with one attached hydrogen (secondary N) is 1. The predicted molar refractivity (Wildman–Crippen MR) is 114 cm³/mol. The minimum Gasteiger partial charge on any atom is -0.438 e. The maximum Gasteiger partial charge on any atom is 0.256 e. The summed E-state index contributed by atoms with van der Waals surface area (Å²) in [7, 11) is 0. The highest BCUT2D eigenvalue weighted by Gasteiger charge is 2.19. The summed E-state index contributed by atoms with van der Waals surface area (Å²) < 4.78 is 11.6. The molecule has 1 saturated heterocycles. The standard InChI is InChI=1S/C22H20Cl2N2O3/c1-13-18(24)5-2-6-19(13)26-22-17(21(27)25-12-16-4-3-9-28-16)11-14-10-15(23)7-8-20(14)29-22/h2,5-8,10-11,16H,3-4,9,12H2,1H3,(H,25,27)/t16-/m1/s1. The minimum absolute atomic E-state index is 0.0429. The van der Waals surface area contributed by atoms with Crippen molar-refractivity contribution < 1.29 is 13.9 Å². The van der Waals surface area contributed by atoms with Gasteiger partial charge in [-0.15, -0.1) is 0 Å². The lowest BCUT2D eigenvalue weighted by Gasteiger charge is -2.11. The highest BCUT2D eigenvalue weighted by molar-refractivity contribution is 6.31. The first-order chi connectivity index (χ1) is 14.0. The zero-order chi connectivity index (χ0) is 20.4. The zero-order valence-electron chi connectivity index (χ0n) is 15.9. The highest BCUT2D eigenvalue weighted by atomic mass is 35.5. The molecule has 150 valence electrons. The summed E-state index contributed by atoms with van der Waals surface area (Å²) >= 11 is 12.3. The molecule has 5 nitrogen and oxygen atoms in total. The summed E-state index contributed by atoms with van der Waals surface area (Å²) in [5.41, 5.74) is 2.59. The molecular weight excluding hydrogens is 411 g/mol. The number of hydrogen-bond acceptors (Lipinski definition) is 4. The Morgan fingerprint density at radius 2 is 2.10 bits per heavy atom. The van der Waals surface area contributed by atoms with Crippen LogP contribution in [-0.4, -0.2) is 25.2 Å². The second-order valence-electron chi connectivity index (χ2n) is 6.99. The third-order valence-electron chi connectivity index (χ3n) is 4.93. The van der Waals surface area contributed by atoms with E-state index < -0.39 is 0 Å². The lowest BCUT2D eigenvalue weighted by molar-refractivity contribution is 0.0854. The van der Waals surface area contributed by atoms with Crippen molar-refractivity contribution in [1.82, 2.24) is 5.32 Å². The van der Waals surface area contributed by atoms with Gasteiger partial charge in [0.25, 0.3) is 5.91 Å². The van der Waals surface area contributed by atoms with Gasteiger partial charge in [0, 0.05) is 28.6 Å². The van der Waals surface area contributed by atoms with Crippen molar-refractivity contribution in [2.75, 3.05) is 13.2 Å². The van der Waals surface area contributed by atoms with Crippen LogP contribution in [0.2, 0.25) is 10.0 Å². The summed E-state index contributed by atoms with van der Waals surface area (Å²) in [5.74, 6) is -0.274. The molecule has 0 saturated carbocycles. The monoisotopic (exact) mass is 430 g/mol. The van der Waals surface area contributed by atoms with Gasteiger partial charge in [-0.2, -0.15) is 0 Å². The van der Waals surface area contributed by atoms with Crippen molar-refractivity contribution in [2.45, 2.75) is 25.9 Å². The first kappa shape index (κ1) is 20.0. The van der Waals surface area contributed by atoms with Crippen LogP contribution in [0.5, 0.6) is 0 Å². The molecule has 4 rings (SSSR count). The topological polar surface area (TPSA) is 63.8 Å². The van der Waals surface area contributed by atoms with Gasteiger partial charge in [0.15, 0.2) is 0 Å². The number of benzene rings is 2. The van der Waals surface area contributed by atoms with Gasteiger partial charge >= 0.3 is 0 Å². The number of hydrogen-bond donors (Lipinski definition) is 1. The Balaban J connectivity index is 1.79. The summed E-state index contributed by atoms with van der Waals surface area (Å²) in [6.07, 6.45) is 2.00. The number of ether oxygens (including phenoxy) is 1. The van der Waals surface area contributed by atoms with Crippen molar-refractivity contribution in [3.63, 3.8) is 0 Å². The van der Waals surface area contributed by atoms with Crippen LogP contribution in [0.3, 0.4) is 0 Å². The SMILES string of the molecule is Cc1c(Cl)cccc1N=c1oc2ccc(Cl)cc2cc1C(=O)NC[C@H]1CCCO1. The van der Waals surface area contributed by atoms with E-state index in [-0.39, 0.29) is 17.6 Å². The Labute approximate surface area is 178 Å². The van der Waals surface area contributed by atoms with Gasteiger partial charge in [-0.05, 0) is 61.7 Å². The minimum atomic E-state index is -0.274. The Morgan fingerprint density at radius 1 is 1.24 bits per heavy atom. The van der Waals surface area contributed by atoms with E-state index in [9.17, 15) is 4.79 Å². The number of rotatable bonds is 4. The van der Waals surface area contributed by atoms with Gasteiger partial charge in [0.1, 0.15) is 11.1 Å². The number of carbonyl (C=O) groups is 1. The molecule has 0 spiro atoms. The molecule has 29 heavy (non-hydrogen) atoms. The number of halogens is 2. The van der Waals surface area contributed by atoms with Gasteiger partial charge in [-0.1, -0.05) is 29.3 Å². The summed E-state index contributed by atoms with van der Waals surface area (Å²) in [5, 5.41) is 4.82. The Morgan fingerprint density at radius 3 is 2.90 bits per heavy atom. The summed E-state index contributed by atoms with van der Waals surface area (Å²) in [4.78, 5) is 17.5. The second-order valence-corrected chi connectivity index (χ2v) is 7.83. The zero-order valence-corrected chi connectivity index (χ0v) is 17.4. The molecule has 7 heteroatoms. The lowest BCUT2D eigenvalue weighted by Crippen LogP contribution is -2.34. The van der Waals surface area contributed by atoms with Crippen LogP contribution in [0.15, 0.2) is 51.9 Å². The maximum atomic E-state index is 12.9. The predicted octanol–water partition coefficient (Wildman–Crippen LogP) is 5.19. The molecule has 1 fully saturated rings. The summed E-state index contributed by atoms with van der Waals surface area (Å²) in [6, 6.07) is 12.4. The van der Waals surface area contributed by atoms with Crippen LogP contribution in [0, 0.1) is 6.92 Å². The van der Waals surface area contributed by atoms with Crippen LogP contribution in [-0.2, 0) is 4.74 Å². The Kier molecular flexibility index (Phi) is 5.90. The molecule has 1 amide bonds. The van der Waals surface area contributed by atoms with Crippen LogP contribution < -0.4 is 10.9 Å². The average molecular weight is 431 g/mol. The van der Waals surface area contributed by atoms with Crippen molar-refractivity contribution in [2.24, 2.45) is 4.99 Å². The molecule has 1 aliphatic rings. The smallest absolute Gasteiger partial charge is 0.256 e. The molecule has 0 aliphatic carbocycles. The van der Waals surface area contributed by atoms with E-state index in [0.717, 1.165) is 30.4 Å². The molecule has 2 aromatic carbocycles. The van der Waals surface area contributed by atoms with Gasteiger partial charge < -0.3 is 14.5 Å². The van der Waals surface area contributed by atoms with E-state index in [1.54, 1.807) is 30.3 Å². The molecule has 1 aliphatic heterocycles. The fraction of sp³-hybridized carbons (Fsp3) is 0.273. The third-order valence-corrected chi connectivity index (χ3v) is 5.57. The molecule has 3 aromatic rings. The maximum absolute atomic E-state index is 12.9. The summed E-state index contributed by atoms with van der Waals surface area (Å²) in [6.45, 7) is 3.06. The van der Waals surface area contributed by atoms with Crippen LogP contribution in [0.4, 0.5) is 5.69 Å². The molecule has 2 heterocycles. The van der Waals surface area contributed by atoms with E-state index in [2.05, 4.69) is 10.3 Å². The van der Waals surface area contributed by atoms with E-state index in [1.165, 1.54) is 0 Å². The molecule has 0 bridgehead atoms. The number of fused-ring (bicyclic) bond motifs is 1. The first-order valence-corrected chi connectivity index (χ1v) is 10.2. The molecule has 1 N–H and O–H groups in total. The van der Waals surface area contributed by atoms with Gasteiger partial charge in [0.2, 0.25) is 5.55 Å². The lowest BCUT2D eigenvalue weighted by atomic mass is 10.1. The van der Waals surface area contributed by atoms with Gasteiger partial charge in [0.05, 0.1) is 11.8 Å². The molecule has 1 aromatic heterocycles. The third kappa shape index (κ3) is 4.47. The molecular formula is C22H20Cl2N2O3. The van der Waals surface area contributed by atoms with E-state index in [4.69, 9.17) is 32.4 Å². The van der Waals surface area contributed by atoms with Crippen molar-refractivity contribution in [1.29, 1.82) is 0 Å². The fourth-order valence-electron chi connectivity index (χ4n) is 3.28. The van der Waals surface area contributed by atoms with Crippen LogP contribution in [0.1, 0.15) is 28.8 Å². The average Bonchev–Trinajstić information content (AvgIpc) is 3.23. The molecule has 0 unspecified atom stereocenters. The number of nitrogens with zero attached hydrogens (tertiary/aromatic N) is 1. The quantitative estimate of drug-likeness (QED) is 0.619. The van der Waals surface area contributed by atoms with E-state index in [0.29, 0.717) is 33.4 Å². The fourth-order valence-corrected chi connectivity index (χ4v) is 3.63. The Bertz CT molecular complexity index is 1130. The van der Waals surface area contributed by atoms with Crippen LogP contribution >= 0.6 is 23.2 Å². The number of carbonyl (C=O) groups excluding carboxylic acids is 1. The van der Waals surface area contributed by atoms with Gasteiger partial charge in [-0.25, -0.2) is 4.99 Å². The largest absolute Gasteiger partial charge is 0.438 e. The highest BCUT2D eigenvalue weighted by Crippen LogP contribution is 2.25. The van der Waals surface area contributed by atoms with Crippen molar-refractivity contribution in [3.8, 4) is 0 Å². The first-order valence-electron chi connectivity index (χ1n) is 9.44. The normalized spacial score (nSPS) is 17.1.